The largest absolute Gasteiger partial charge is 0.495 e. The van der Waals surface area contributed by atoms with Crippen molar-refractivity contribution in [3.63, 3.8) is 0 Å². The molecule has 31 heavy (non-hydrogen) atoms. The average molecular weight is 420 g/mol. The van der Waals surface area contributed by atoms with Crippen LogP contribution in [0.1, 0.15) is 18.9 Å². The number of methoxy groups -OCH3 is 1. The van der Waals surface area contributed by atoms with Gasteiger partial charge in [0.1, 0.15) is 5.75 Å². The first-order chi connectivity index (χ1) is 15.3. The fourth-order valence-electron chi connectivity index (χ4n) is 4.17. The Morgan fingerprint density at radius 3 is 2.58 bits per heavy atom. The minimum absolute atomic E-state index is 0.354. The lowest BCUT2D eigenvalue weighted by Crippen LogP contribution is -2.44. The van der Waals surface area contributed by atoms with Gasteiger partial charge in [0.05, 0.1) is 19.3 Å². The number of ether oxygens (including phenoxy) is 1. The Bertz CT molecular complexity index is 900. The first-order valence-corrected chi connectivity index (χ1v) is 11.2. The maximum absolute atomic E-state index is 5.54. The van der Waals surface area contributed by atoms with E-state index < -0.39 is 0 Å². The minimum Gasteiger partial charge on any atom is -0.495 e. The Labute approximate surface area is 185 Å². The molecule has 2 N–H and O–H groups in total. The van der Waals surface area contributed by atoms with Crippen molar-refractivity contribution < 1.29 is 4.74 Å². The van der Waals surface area contributed by atoms with Crippen LogP contribution in [0, 0.1) is 0 Å². The third kappa shape index (κ3) is 5.32. The van der Waals surface area contributed by atoms with E-state index in [4.69, 9.17) is 9.73 Å². The number of nitrogens with zero attached hydrogens (tertiary/aromatic N) is 3. The van der Waals surface area contributed by atoms with Gasteiger partial charge in [-0.3, -0.25) is 0 Å². The molecule has 1 saturated heterocycles. The summed E-state index contributed by atoms with van der Waals surface area (Å²) in [6.45, 7) is 7.55. The second-order valence-corrected chi connectivity index (χ2v) is 7.99. The van der Waals surface area contributed by atoms with Crippen LogP contribution in [-0.2, 0) is 6.54 Å². The highest BCUT2D eigenvalue weighted by atomic mass is 16.5. The molecule has 0 aliphatic carbocycles. The molecule has 0 spiro atoms. The van der Waals surface area contributed by atoms with Crippen LogP contribution in [0.4, 0.5) is 11.4 Å². The molecule has 2 aromatic rings. The summed E-state index contributed by atoms with van der Waals surface area (Å²) in [5.41, 5.74) is 3.64. The first-order valence-electron chi connectivity index (χ1n) is 11.2. The van der Waals surface area contributed by atoms with E-state index in [0.717, 1.165) is 56.5 Å². The van der Waals surface area contributed by atoms with Crippen molar-refractivity contribution in [2.24, 2.45) is 4.99 Å². The Morgan fingerprint density at radius 2 is 1.84 bits per heavy atom. The average Bonchev–Trinajstić information content (AvgIpc) is 3.50. The SMILES string of the molecule is CCNC(=NCc1ccc(N2CC=CC2)cc1)NC1CCN(c2ccccc2OC)C1. The highest BCUT2D eigenvalue weighted by Gasteiger charge is 2.25. The number of para-hydroxylation sites is 2. The van der Waals surface area contributed by atoms with Crippen molar-refractivity contribution in [2.75, 3.05) is 49.6 Å². The van der Waals surface area contributed by atoms with E-state index in [1.54, 1.807) is 7.11 Å². The van der Waals surface area contributed by atoms with Gasteiger partial charge in [0.25, 0.3) is 0 Å². The summed E-state index contributed by atoms with van der Waals surface area (Å²) in [7, 11) is 1.73. The predicted molar refractivity (Wildman–Crippen MR) is 129 cm³/mol. The van der Waals surface area contributed by atoms with Gasteiger partial charge in [-0.25, -0.2) is 4.99 Å². The molecular formula is C25H33N5O. The topological polar surface area (TPSA) is 52.1 Å². The fraction of sp³-hybridized carbons (Fsp3) is 0.400. The van der Waals surface area contributed by atoms with Gasteiger partial charge in [0.2, 0.25) is 0 Å². The second kappa shape index (κ2) is 10.2. The van der Waals surface area contributed by atoms with E-state index in [0.29, 0.717) is 12.6 Å². The number of guanidine groups is 1. The molecule has 164 valence electrons. The molecule has 1 fully saturated rings. The molecule has 0 radical (unpaired) electrons. The zero-order chi connectivity index (χ0) is 21.5. The van der Waals surface area contributed by atoms with Crippen LogP contribution >= 0.6 is 0 Å². The second-order valence-electron chi connectivity index (χ2n) is 7.99. The lowest BCUT2D eigenvalue weighted by Gasteiger charge is -2.22. The number of hydrogen-bond acceptors (Lipinski definition) is 4. The molecule has 0 saturated carbocycles. The third-order valence-corrected chi connectivity index (χ3v) is 5.84. The smallest absolute Gasteiger partial charge is 0.191 e. The van der Waals surface area contributed by atoms with Crippen LogP contribution in [0.2, 0.25) is 0 Å². The highest BCUT2D eigenvalue weighted by Crippen LogP contribution is 2.30. The van der Waals surface area contributed by atoms with E-state index in [1.807, 2.05) is 12.1 Å². The van der Waals surface area contributed by atoms with E-state index in [1.165, 1.54) is 11.3 Å². The highest BCUT2D eigenvalue weighted by molar-refractivity contribution is 5.80. The van der Waals surface area contributed by atoms with Crippen LogP contribution in [-0.4, -0.2) is 51.8 Å². The molecule has 0 aromatic heterocycles. The van der Waals surface area contributed by atoms with Gasteiger partial charge in [-0.15, -0.1) is 0 Å². The van der Waals surface area contributed by atoms with Gasteiger partial charge >= 0.3 is 0 Å². The summed E-state index contributed by atoms with van der Waals surface area (Å²) in [6, 6.07) is 17.3. The van der Waals surface area contributed by atoms with Crippen molar-refractivity contribution in [1.82, 2.24) is 10.6 Å². The summed E-state index contributed by atoms with van der Waals surface area (Å²) in [6.07, 6.45) is 5.50. The number of nitrogens with one attached hydrogen (secondary N) is 2. The first kappa shape index (κ1) is 21.1. The zero-order valence-corrected chi connectivity index (χ0v) is 18.6. The Morgan fingerprint density at radius 1 is 1.06 bits per heavy atom. The van der Waals surface area contributed by atoms with Crippen molar-refractivity contribution in [3.05, 3.63) is 66.2 Å². The molecule has 6 heteroatoms. The van der Waals surface area contributed by atoms with E-state index in [2.05, 4.69) is 75.9 Å². The van der Waals surface area contributed by atoms with Gasteiger partial charge in [-0.1, -0.05) is 36.4 Å². The molecule has 1 atom stereocenters. The van der Waals surface area contributed by atoms with Gasteiger partial charge < -0.3 is 25.2 Å². The molecule has 2 aliphatic rings. The molecule has 6 nitrogen and oxygen atoms in total. The van der Waals surface area contributed by atoms with Crippen molar-refractivity contribution >= 4 is 17.3 Å². The number of aliphatic imine (C=N–C) groups is 1. The van der Waals surface area contributed by atoms with E-state index in [9.17, 15) is 0 Å². The van der Waals surface area contributed by atoms with Gasteiger partial charge in [-0.2, -0.15) is 0 Å². The van der Waals surface area contributed by atoms with Crippen LogP contribution in [0.15, 0.2) is 65.7 Å². The van der Waals surface area contributed by atoms with Crippen molar-refractivity contribution in [2.45, 2.75) is 25.9 Å². The number of rotatable bonds is 7. The Hall–Kier alpha value is -3.15. The summed E-state index contributed by atoms with van der Waals surface area (Å²) in [5.74, 6) is 1.80. The molecule has 0 bridgehead atoms. The van der Waals surface area contributed by atoms with Crippen molar-refractivity contribution in [3.8, 4) is 5.75 Å². The van der Waals surface area contributed by atoms with Crippen LogP contribution in [0.5, 0.6) is 5.75 Å². The third-order valence-electron chi connectivity index (χ3n) is 5.84. The summed E-state index contributed by atoms with van der Waals surface area (Å²) in [4.78, 5) is 9.57. The van der Waals surface area contributed by atoms with Crippen LogP contribution < -0.4 is 25.2 Å². The van der Waals surface area contributed by atoms with E-state index in [-0.39, 0.29) is 0 Å². The van der Waals surface area contributed by atoms with Gasteiger partial charge in [0, 0.05) is 44.5 Å². The summed E-state index contributed by atoms with van der Waals surface area (Å²) in [5, 5.41) is 7.01. The standard InChI is InChI=1S/C25H33N5O/c1-3-26-25(27-18-20-10-12-22(13-11-20)29-15-6-7-16-29)28-21-14-17-30(19-21)23-8-4-5-9-24(23)31-2/h4-13,21H,3,14-19H2,1-2H3,(H2,26,27,28). The zero-order valence-electron chi connectivity index (χ0n) is 18.6. The van der Waals surface area contributed by atoms with Crippen LogP contribution in [0.3, 0.4) is 0 Å². The maximum atomic E-state index is 5.54. The number of hydrogen-bond donors (Lipinski definition) is 2. The lowest BCUT2D eigenvalue weighted by molar-refractivity contribution is 0.415. The normalized spacial score (nSPS) is 18.5. The monoisotopic (exact) mass is 419 g/mol. The quantitative estimate of drug-likeness (QED) is 0.409. The predicted octanol–water partition coefficient (Wildman–Crippen LogP) is 3.41. The Balaban J connectivity index is 1.35. The summed E-state index contributed by atoms with van der Waals surface area (Å²) < 4.78 is 5.54. The Kier molecular flexibility index (Phi) is 6.97. The van der Waals surface area contributed by atoms with Crippen LogP contribution in [0.25, 0.3) is 0 Å². The maximum Gasteiger partial charge on any atom is 0.191 e. The molecule has 2 aromatic carbocycles. The van der Waals surface area contributed by atoms with Gasteiger partial charge in [-0.05, 0) is 43.2 Å². The molecular weight excluding hydrogens is 386 g/mol. The van der Waals surface area contributed by atoms with Crippen molar-refractivity contribution in [1.29, 1.82) is 0 Å². The van der Waals surface area contributed by atoms with Gasteiger partial charge in [0.15, 0.2) is 5.96 Å². The molecule has 1 unspecified atom stereocenters. The molecule has 0 amide bonds. The minimum atomic E-state index is 0.354. The number of benzene rings is 2. The van der Waals surface area contributed by atoms with E-state index >= 15 is 0 Å². The molecule has 4 rings (SSSR count). The molecule has 2 aliphatic heterocycles. The number of anilines is 2. The molecule has 2 heterocycles. The lowest BCUT2D eigenvalue weighted by atomic mass is 10.2. The summed E-state index contributed by atoms with van der Waals surface area (Å²) >= 11 is 0. The fourth-order valence-corrected chi connectivity index (χ4v) is 4.17.